The minimum atomic E-state index is -0.0231. The Bertz CT molecular complexity index is 776. The van der Waals surface area contributed by atoms with Crippen LogP contribution >= 0.6 is 0 Å². The predicted octanol–water partition coefficient (Wildman–Crippen LogP) is 3.85. The lowest BCUT2D eigenvalue weighted by atomic mass is 10.1. The molecule has 6 nitrogen and oxygen atoms in total. The van der Waals surface area contributed by atoms with Gasteiger partial charge < -0.3 is 14.3 Å². The third-order valence-corrected chi connectivity index (χ3v) is 3.65. The third-order valence-electron chi connectivity index (χ3n) is 3.65. The topological polar surface area (TPSA) is 81.2 Å². The molecule has 2 heterocycles. The van der Waals surface area contributed by atoms with Crippen molar-refractivity contribution in [1.82, 2.24) is 10.1 Å². The number of hydrogen-bond donors (Lipinski definition) is 1. The molecule has 1 aromatic carbocycles. The van der Waals surface area contributed by atoms with Crippen LogP contribution in [0.4, 0.5) is 5.69 Å². The Morgan fingerprint density at radius 3 is 2.75 bits per heavy atom. The van der Waals surface area contributed by atoms with Gasteiger partial charge in [-0.2, -0.15) is 4.98 Å². The van der Waals surface area contributed by atoms with E-state index >= 15 is 0 Å². The minimum Gasteiger partial charge on any atom is -0.461 e. The fourth-order valence-corrected chi connectivity index (χ4v) is 2.31. The van der Waals surface area contributed by atoms with Crippen molar-refractivity contribution in [1.29, 1.82) is 0 Å². The Morgan fingerprint density at radius 2 is 2.04 bits per heavy atom. The van der Waals surface area contributed by atoms with Gasteiger partial charge in [0.1, 0.15) is 0 Å². The van der Waals surface area contributed by atoms with Gasteiger partial charge in [0, 0.05) is 18.5 Å². The highest BCUT2D eigenvalue weighted by Crippen LogP contribution is 2.16. The van der Waals surface area contributed by atoms with Crippen molar-refractivity contribution in [2.45, 2.75) is 32.6 Å². The van der Waals surface area contributed by atoms with Crippen LogP contribution in [0.2, 0.25) is 0 Å². The molecule has 3 aromatic rings. The van der Waals surface area contributed by atoms with Crippen LogP contribution in [0.5, 0.6) is 0 Å². The summed E-state index contributed by atoms with van der Waals surface area (Å²) in [5.74, 6) is 1.47. The lowest BCUT2D eigenvalue weighted by Crippen LogP contribution is -2.11. The Kier molecular flexibility index (Phi) is 5.05. The number of aromatic nitrogens is 2. The van der Waals surface area contributed by atoms with Crippen LogP contribution in [0.25, 0.3) is 11.6 Å². The normalized spacial score (nSPS) is 10.7. The van der Waals surface area contributed by atoms with Crippen molar-refractivity contribution < 1.29 is 13.7 Å². The number of furan rings is 1. The van der Waals surface area contributed by atoms with Gasteiger partial charge in [-0.25, -0.2) is 0 Å². The molecule has 0 fully saturated rings. The molecule has 24 heavy (non-hydrogen) atoms. The lowest BCUT2D eigenvalue weighted by molar-refractivity contribution is -0.116. The summed E-state index contributed by atoms with van der Waals surface area (Å²) in [7, 11) is 0. The molecule has 0 aliphatic carbocycles. The highest BCUT2D eigenvalue weighted by Gasteiger charge is 2.11. The number of amides is 1. The van der Waals surface area contributed by atoms with Gasteiger partial charge in [0.05, 0.1) is 6.26 Å². The quantitative estimate of drug-likeness (QED) is 0.713. The van der Waals surface area contributed by atoms with Gasteiger partial charge in [0.15, 0.2) is 5.76 Å². The molecule has 0 aliphatic rings. The first-order valence-electron chi connectivity index (χ1n) is 8.00. The van der Waals surface area contributed by atoms with E-state index < -0.39 is 0 Å². The van der Waals surface area contributed by atoms with E-state index in [2.05, 4.69) is 22.4 Å². The number of carbonyl (C=O) groups excluding carboxylic acids is 1. The Labute approximate surface area is 139 Å². The molecule has 0 bridgehead atoms. The molecule has 0 radical (unpaired) electrons. The zero-order valence-electron chi connectivity index (χ0n) is 13.5. The largest absolute Gasteiger partial charge is 0.461 e. The second-order valence-electron chi connectivity index (χ2n) is 5.44. The molecule has 1 amide bonds. The van der Waals surface area contributed by atoms with Gasteiger partial charge in [-0.1, -0.05) is 24.2 Å². The summed E-state index contributed by atoms with van der Waals surface area (Å²) >= 11 is 0. The standard InChI is InChI=1S/C18H19N3O3/c1-2-13-8-10-14(11-9-13)19-16(22)6-3-7-17-20-18(21-24-17)15-5-4-12-23-15/h4-5,8-12H,2-3,6-7H2,1H3,(H,19,22). The molecule has 0 atom stereocenters. The molecular formula is C18H19N3O3. The van der Waals surface area contributed by atoms with E-state index in [0.717, 1.165) is 12.1 Å². The summed E-state index contributed by atoms with van der Waals surface area (Å²) in [4.78, 5) is 16.2. The number of nitrogens with zero attached hydrogens (tertiary/aromatic N) is 2. The molecule has 1 N–H and O–H groups in total. The summed E-state index contributed by atoms with van der Waals surface area (Å²) in [6, 6.07) is 11.4. The van der Waals surface area contributed by atoms with E-state index in [1.54, 1.807) is 18.4 Å². The Hall–Kier alpha value is -2.89. The minimum absolute atomic E-state index is 0.0231. The molecule has 3 rings (SSSR count). The molecular weight excluding hydrogens is 306 g/mol. The van der Waals surface area contributed by atoms with Crippen LogP contribution in [0, 0.1) is 0 Å². The van der Waals surface area contributed by atoms with Crippen molar-refractivity contribution in [3.63, 3.8) is 0 Å². The summed E-state index contributed by atoms with van der Waals surface area (Å²) in [6.45, 7) is 2.10. The van der Waals surface area contributed by atoms with Crippen LogP contribution in [0.3, 0.4) is 0 Å². The molecule has 0 aliphatic heterocycles. The average molecular weight is 325 g/mol. The maximum absolute atomic E-state index is 12.0. The molecule has 0 saturated heterocycles. The van der Waals surface area contributed by atoms with Crippen molar-refractivity contribution in [2.24, 2.45) is 0 Å². The number of hydrogen-bond acceptors (Lipinski definition) is 5. The van der Waals surface area contributed by atoms with Gasteiger partial charge in [-0.05, 0) is 42.7 Å². The average Bonchev–Trinajstić information content (AvgIpc) is 3.27. The second-order valence-corrected chi connectivity index (χ2v) is 5.44. The maximum Gasteiger partial charge on any atom is 0.238 e. The van der Waals surface area contributed by atoms with Crippen LogP contribution in [-0.4, -0.2) is 16.0 Å². The molecule has 2 aromatic heterocycles. The van der Waals surface area contributed by atoms with Gasteiger partial charge >= 0.3 is 0 Å². The van der Waals surface area contributed by atoms with Gasteiger partial charge in [0.25, 0.3) is 0 Å². The smallest absolute Gasteiger partial charge is 0.238 e. The SMILES string of the molecule is CCc1ccc(NC(=O)CCCc2nc(-c3ccco3)no2)cc1. The maximum atomic E-state index is 12.0. The molecule has 0 saturated carbocycles. The van der Waals surface area contributed by atoms with E-state index in [1.807, 2.05) is 24.3 Å². The number of aryl methyl sites for hydroxylation is 2. The third kappa shape index (κ3) is 4.10. The number of carbonyl (C=O) groups is 1. The monoisotopic (exact) mass is 325 g/mol. The summed E-state index contributed by atoms with van der Waals surface area (Å²) < 4.78 is 10.4. The fraction of sp³-hybridized carbons (Fsp3) is 0.278. The lowest BCUT2D eigenvalue weighted by Gasteiger charge is -2.05. The van der Waals surface area contributed by atoms with E-state index in [0.29, 0.717) is 36.7 Å². The molecule has 6 heteroatoms. The van der Waals surface area contributed by atoms with Gasteiger partial charge in [-0.3, -0.25) is 4.79 Å². The molecule has 124 valence electrons. The first-order chi connectivity index (χ1) is 11.7. The Morgan fingerprint density at radius 1 is 1.21 bits per heavy atom. The highest BCUT2D eigenvalue weighted by molar-refractivity contribution is 5.90. The number of nitrogens with one attached hydrogen (secondary N) is 1. The van der Waals surface area contributed by atoms with Crippen molar-refractivity contribution in [3.8, 4) is 11.6 Å². The Balaban J connectivity index is 1.45. The van der Waals surface area contributed by atoms with Gasteiger partial charge in [0.2, 0.25) is 17.6 Å². The zero-order chi connectivity index (χ0) is 16.8. The number of rotatable bonds is 7. The first kappa shape index (κ1) is 16.0. The predicted molar refractivity (Wildman–Crippen MR) is 89.4 cm³/mol. The van der Waals surface area contributed by atoms with Crippen LogP contribution < -0.4 is 5.32 Å². The fourth-order valence-electron chi connectivity index (χ4n) is 2.31. The van der Waals surface area contributed by atoms with Crippen LogP contribution in [-0.2, 0) is 17.6 Å². The van der Waals surface area contributed by atoms with Gasteiger partial charge in [-0.15, -0.1) is 0 Å². The van der Waals surface area contributed by atoms with Crippen molar-refractivity contribution in [3.05, 3.63) is 54.1 Å². The van der Waals surface area contributed by atoms with Crippen LogP contribution in [0.15, 0.2) is 51.6 Å². The molecule has 0 spiro atoms. The van der Waals surface area contributed by atoms with Crippen LogP contribution in [0.1, 0.15) is 31.2 Å². The number of benzene rings is 1. The van der Waals surface area contributed by atoms with E-state index in [-0.39, 0.29) is 5.91 Å². The van der Waals surface area contributed by atoms with E-state index in [4.69, 9.17) is 8.94 Å². The van der Waals surface area contributed by atoms with Crippen molar-refractivity contribution in [2.75, 3.05) is 5.32 Å². The summed E-state index contributed by atoms with van der Waals surface area (Å²) in [6.07, 6.45) is 4.13. The summed E-state index contributed by atoms with van der Waals surface area (Å²) in [5, 5.41) is 6.75. The van der Waals surface area contributed by atoms with E-state index in [1.165, 1.54) is 5.56 Å². The highest BCUT2D eigenvalue weighted by atomic mass is 16.5. The van der Waals surface area contributed by atoms with E-state index in [9.17, 15) is 4.79 Å². The number of anilines is 1. The zero-order valence-corrected chi connectivity index (χ0v) is 13.5. The summed E-state index contributed by atoms with van der Waals surface area (Å²) in [5.41, 5.74) is 2.06. The second kappa shape index (κ2) is 7.59. The molecule has 0 unspecified atom stereocenters. The van der Waals surface area contributed by atoms with Crippen molar-refractivity contribution >= 4 is 11.6 Å². The first-order valence-corrected chi connectivity index (χ1v) is 8.00.